The average Bonchev–Trinajstić information content (AvgIpc) is 3.34. The number of thiazole rings is 2. The highest BCUT2D eigenvalue weighted by atomic mass is 32.2. The SMILES string of the molecule is CC(C)S(=O)(=O)c1cccc(C(=O)Nc2nc(-c3nc4ccccc4s3)cs2)c1. The standard InChI is InChI=1S/C20H17N3O3S3/c1-12(2)29(25,26)14-7-5-6-13(10-14)18(24)23-20-22-16(11-27-20)19-21-15-8-3-4-9-17(15)28-19/h3-12H,1-2H3,(H,22,23,24). The Balaban J connectivity index is 1.55. The van der Waals surface area contributed by atoms with Crippen LogP contribution in [0.1, 0.15) is 24.2 Å². The zero-order valence-electron chi connectivity index (χ0n) is 15.6. The molecule has 1 N–H and O–H groups in total. The summed E-state index contributed by atoms with van der Waals surface area (Å²) in [4.78, 5) is 21.8. The molecule has 2 aromatic heterocycles. The minimum Gasteiger partial charge on any atom is -0.298 e. The van der Waals surface area contributed by atoms with E-state index in [1.54, 1.807) is 26.0 Å². The first-order valence-electron chi connectivity index (χ1n) is 8.81. The molecule has 0 saturated carbocycles. The lowest BCUT2D eigenvalue weighted by Crippen LogP contribution is -2.16. The zero-order valence-corrected chi connectivity index (χ0v) is 18.1. The molecule has 29 heavy (non-hydrogen) atoms. The summed E-state index contributed by atoms with van der Waals surface area (Å²) < 4.78 is 25.8. The summed E-state index contributed by atoms with van der Waals surface area (Å²) in [6.45, 7) is 3.22. The van der Waals surface area contributed by atoms with E-state index < -0.39 is 21.0 Å². The molecule has 9 heteroatoms. The number of fused-ring (bicyclic) bond motifs is 1. The topological polar surface area (TPSA) is 89.0 Å². The lowest BCUT2D eigenvalue weighted by molar-refractivity contribution is 0.102. The van der Waals surface area contributed by atoms with Crippen LogP contribution in [0.5, 0.6) is 0 Å². The first kappa shape index (κ1) is 19.7. The number of anilines is 1. The lowest BCUT2D eigenvalue weighted by atomic mass is 10.2. The molecule has 0 aliphatic rings. The fourth-order valence-electron chi connectivity index (χ4n) is 2.67. The molecule has 0 fully saturated rings. The van der Waals surface area contributed by atoms with Gasteiger partial charge in [0.25, 0.3) is 5.91 Å². The molecular formula is C20H17N3O3S3. The summed E-state index contributed by atoms with van der Waals surface area (Å²) in [6.07, 6.45) is 0. The van der Waals surface area contributed by atoms with E-state index in [1.807, 2.05) is 29.6 Å². The van der Waals surface area contributed by atoms with Crippen LogP contribution in [0.2, 0.25) is 0 Å². The van der Waals surface area contributed by atoms with E-state index in [-0.39, 0.29) is 10.5 Å². The number of hydrogen-bond donors (Lipinski definition) is 1. The van der Waals surface area contributed by atoms with Gasteiger partial charge in [-0.15, -0.1) is 22.7 Å². The summed E-state index contributed by atoms with van der Waals surface area (Å²) in [5.41, 5.74) is 1.88. The Morgan fingerprint density at radius 1 is 1.07 bits per heavy atom. The number of amides is 1. The Kier molecular flexibility index (Phi) is 5.20. The van der Waals surface area contributed by atoms with Gasteiger partial charge < -0.3 is 0 Å². The molecule has 0 radical (unpaired) electrons. The van der Waals surface area contributed by atoms with Crippen LogP contribution in [-0.2, 0) is 9.84 Å². The van der Waals surface area contributed by atoms with E-state index in [2.05, 4.69) is 15.3 Å². The summed E-state index contributed by atoms with van der Waals surface area (Å²) in [6, 6.07) is 13.9. The molecule has 0 bridgehead atoms. The zero-order chi connectivity index (χ0) is 20.6. The third-order valence-electron chi connectivity index (χ3n) is 4.28. The Labute approximate surface area is 176 Å². The van der Waals surface area contributed by atoms with Gasteiger partial charge in [0.15, 0.2) is 15.0 Å². The van der Waals surface area contributed by atoms with E-state index in [0.717, 1.165) is 15.2 Å². The van der Waals surface area contributed by atoms with Crippen molar-refractivity contribution in [3.8, 4) is 10.7 Å². The van der Waals surface area contributed by atoms with Crippen LogP contribution >= 0.6 is 22.7 Å². The Hall–Kier alpha value is -2.62. The molecule has 0 atom stereocenters. The van der Waals surface area contributed by atoms with Crippen molar-refractivity contribution < 1.29 is 13.2 Å². The normalized spacial score (nSPS) is 11.8. The van der Waals surface area contributed by atoms with Gasteiger partial charge >= 0.3 is 0 Å². The summed E-state index contributed by atoms with van der Waals surface area (Å²) in [5.74, 6) is -0.406. The molecule has 0 aliphatic carbocycles. The summed E-state index contributed by atoms with van der Waals surface area (Å²) in [5, 5.41) is 5.24. The van der Waals surface area contributed by atoms with Crippen LogP contribution in [0.4, 0.5) is 5.13 Å². The van der Waals surface area contributed by atoms with Crippen LogP contribution in [-0.4, -0.2) is 29.5 Å². The second kappa shape index (κ2) is 7.66. The molecule has 0 spiro atoms. The van der Waals surface area contributed by atoms with E-state index in [4.69, 9.17) is 0 Å². The van der Waals surface area contributed by atoms with Gasteiger partial charge in [-0.3, -0.25) is 10.1 Å². The molecule has 2 aromatic carbocycles. The molecule has 0 aliphatic heterocycles. The third kappa shape index (κ3) is 3.93. The number of nitrogens with zero attached hydrogens (tertiary/aromatic N) is 2. The van der Waals surface area contributed by atoms with Crippen molar-refractivity contribution in [2.45, 2.75) is 24.0 Å². The minimum atomic E-state index is -3.45. The maximum Gasteiger partial charge on any atom is 0.257 e. The van der Waals surface area contributed by atoms with E-state index in [1.165, 1.54) is 34.8 Å². The van der Waals surface area contributed by atoms with E-state index in [9.17, 15) is 13.2 Å². The third-order valence-corrected chi connectivity index (χ3v) is 8.25. The van der Waals surface area contributed by atoms with Crippen molar-refractivity contribution in [1.82, 2.24) is 9.97 Å². The maximum atomic E-state index is 12.6. The monoisotopic (exact) mass is 443 g/mol. The predicted molar refractivity (Wildman–Crippen MR) is 117 cm³/mol. The highest BCUT2D eigenvalue weighted by molar-refractivity contribution is 7.92. The quantitative estimate of drug-likeness (QED) is 0.476. The van der Waals surface area contributed by atoms with Gasteiger partial charge in [-0.05, 0) is 44.2 Å². The smallest absolute Gasteiger partial charge is 0.257 e. The predicted octanol–water partition coefficient (Wildman–Crippen LogP) is 4.85. The first-order chi connectivity index (χ1) is 13.8. The van der Waals surface area contributed by atoms with Gasteiger partial charge in [0.2, 0.25) is 0 Å². The second-order valence-electron chi connectivity index (χ2n) is 6.60. The number of benzene rings is 2. The number of hydrogen-bond acceptors (Lipinski definition) is 7. The van der Waals surface area contributed by atoms with Gasteiger partial charge in [0, 0.05) is 10.9 Å². The number of sulfone groups is 1. The van der Waals surface area contributed by atoms with Crippen LogP contribution in [0, 0.1) is 0 Å². The number of carbonyl (C=O) groups is 1. The number of nitrogens with one attached hydrogen (secondary N) is 1. The molecule has 4 aromatic rings. The van der Waals surface area contributed by atoms with Gasteiger partial charge in [-0.25, -0.2) is 18.4 Å². The Morgan fingerprint density at radius 2 is 1.86 bits per heavy atom. The molecule has 2 heterocycles. The van der Waals surface area contributed by atoms with Gasteiger partial charge in [0.1, 0.15) is 10.7 Å². The molecule has 1 amide bonds. The maximum absolute atomic E-state index is 12.6. The van der Waals surface area contributed by atoms with Crippen molar-refractivity contribution >= 4 is 53.8 Å². The first-order valence-corrected chi connectivity index (χ1v) is 12.1. The van der Waals surface area contributed by atoms with Crippen molar-refractivity contribution in [3.63, 3.8) is 0 Å². The molecule has 0 saturated heterocycles. The van der Waals surface area contributed by atoms with Crippen LogP contribution in [0.15, 0.2) is 58.8 Å². The van der Waals surface area contributed by atoms with Crippen LogP contribution in [0.25, 0.3) is 20.9 Å². The van der Waals surface area contributed by atoms with Crippen molar-refractivity contribution in [1.29, 1.82) is 0 Å². The van der Waals surface area contributed by atoms with Crippen molar-refractivity contribution in [3.05, 3.63) is 59.5 Å². The van der Waals surface area contributed by atoms with Gasteiger partial charge in [0.05, 0.1) is 20.4 Å². The number of rotatable bonds is 5. The molecule has 0 unspecified atom stereocenters. The minimum absolute atomic E-state index is 0.134. The Morgan fingerprint density at radius 3 is 2.62 bits per heavy atom. The molecule has 4 rings (SSSR count). The summed E-state index contributed by atoms with van der Waals surface area (Å²) >= 11 is 2.84. The molecule has 6 nitrogen and oxygen atoms in total. The van der Waals surface area contributed by atoms with Crippen LogP contribution < -0.4 is 5.32 Å². The molecular weight excluding hydrogens is 426 g/mol. The highest BCUT2D eigenvalue weighted by Gasteiger charge is 2.21. The lowest BCUT2D eigenvalue weighted by Gasteiger charge is -2.09. The number of para-hydroxylation sites is 1. The second-order valence-corrected chi connectivity index (χ2v) is 11.0. The number of carbonyl (C=O) groups excluding carboxylic acids is 1. The van der Waals surface area contributed by atoms with E-state index >= 15 is 0 Å². The average molecular weight is 444 g/mol. The fourth-order valence-corrected chi connectivity index (χ4v) is 5.46. The van der Waals surface area contributed by atoms with Crippen molar-refractivity contribution in [2.75, 3.05) is 5.32 Å². The van der Waals surface area contributed by atoms with Crippen molar-refractivity contribution in [2.24, 2.45) is 0 Å². The van der Waals surface area contributed by atoms with Gasteiger partial charge in [-0.2, -0.15) is 0 Å². The largest absolute Gasteiger partial charge is 0.298 e. The van der Waals surface area contributed by atoms with Crippen LogP contribution in [0.3, 0.4) is 0 Å². The Bertz CT molecular complexity index is 1270. The fraction of sp³-hybridized carbons (Fsp3) is 0.150. The highest BCUT2D eigenvalue weighted by Crippen LogP contribution is 2.32. The van der Waals surface area contributed by atoms with E-state index in [0.29, 0.717) is 10.8 Å². The summed E-state index contributed by atoms with van der Waals surface area (Å²) in [7, 11) is -3.45. The molecule has 148 valence electrons. The number of aromatic nitrogens is 2. The van der Waals surface area contributed by atoms with Gasteiger partial charge in [-0.1, -0.05) is 18.2 Å².